The van der Waals surface area contributed by atoms with Gasteiger partial charge in [-0.2, -0.15) is 0 Å². The SMILES string of the molecule is CC(C)[C@H]1CC(=O)C2=CCCCC[C@@]21C. The Balaban J connectivity index is 2.38. The van der Waals surface area contributed by atoms with Crippen molar-refractivity contribution >= 4 is 5.78 Å². The van der Waals surface area contributed by atoms with Gasteiger partial charge >= 0.3 is 0 Å². The van der Waals surface area contributed by atoms with E-state index < -0.39 is 0 Å². The molecule has 0 spiro atoms. The minimum Gasteiger partial charge on any atom is -0.295 e. The molecule has 1 fully saturated rings. The van der Waals surface area contributed by atoms with Gasteiger partial charge in [0.15, 0.2) is 5.78 Å². The smallest absolute Gasteiger partial charge is 0.159 e. The van der Waals surface area contributed by atoms with Crippen molar-refractivity contribution in [1.82, 2.24) is 0 Å². The number of rotatable bonds is 1. The minimum atomic E-state index is 0.196. The summed E-state index contributed by atoms with van der Waals surface area (Å²) >= 11 is 0. The van der Waals surface area contributed by atoms with Gasteiger partial charge in [0.05, 0.1) is 0 Å². The van der Waals surface area contributed by atoms with Crippen LogP contribution in [0.2, 0.25) is 0 Å². The summed E-state index contributed by atoms with van der Waals surface area (Å²) in [5.41, 5.74) is 1.36. The maximum absolute atomic E-state index is 12.0. The van der Waals surface area contributed by atoms with Gasteiger partial charge in [-0.1, -0.05) is 33.3 Å². The van der Waals surface area contributed by atoms with Crippen molar-refractivity contribution < 1.29 is 4.79 Å². The van der Waals surface area contributed by atoms with Crippen LogP contribution in [0.4, 0.5) is 0 Å². The van der Waals surface area contributed by atoms with Gasteiger partial charge in [0.2, 0.25) is 0 Å². The molecule has 2 atom stereocenters. The van der Waals surface area contributed by atoms with Crippen LogP contribution in [-0.2, 0) is 4.79 Å². The fourth-order valence-corrected chi connectivity index (χ4v) is 3.57. The fourth-order valence-electron chi connectivity index (χ4n) is 3.57. The summed E-state index contributed by atoms with van der Waals surface area (Å²) in [6.07, 6.45) is 7.90. The number of Topliss-reactive ketones (excluding diaryl/α,β-unsaturated/α-hetero) is 1. The summed E-state index contributed by atoms with van der Waals surface area (Å²) in [5.74, 6) is 1.63. The van der Waals surface area contributed by atoms with E-state index in [4.69, 9.17) is 0 Å². The molecule has 84 valence electrons. The monoisotopic (exact) mass is 206 g/mol. The lowest BCUT2D eigenvalue weighted by atomic mass is 9.70. The zero-order valence-electron chi connectivity index (χ0n) is 10.2. The molecule has 0 heterocycles. The van der Waals surface area contributed by atoms with Crippen molar-refractivity contribution in [3.05, 3.63) is 11.6 Å². The predicted molar refractivity (Wildman–Crippen MR) is 62.6 cm³/mol. The summed E-state index contributed by atoms with van der Waals surface area (Å²) in [5, 5.41) is 0. The second-order valence-corrected chi connectivity index (χ2v) is 5.76. The third kappa shape index (κ3) is 1.66. The first-order chi connectivity index (χ1) is 7.05. The molecule has 1 saturated carbocycles. The lowest BCUT2D eigenvalue weighted by molar-refractivity contribution is -0.115. The Hall–Kier alpha value is -0.590. The van der Waals surface area contributed by atoms with E-state index in [1.54, 1.807) is 0 Å². The van der Waals surface area contributed by atoms with Crippen LogP contribution in [0.25, 0.3) is 0 Å². The molecular formula is C14H22O. The van der Waals surface area contributed by atoms with E-state index in [-0.39, 0.29) is 5.41 Å². The normalized spacial score (nSPS) is 36.4. The molecule has 2 rings (SSSR count). The van der Waals surface area contributed by atoms with E-state index in [2.05, 4.69) is 26.8 Å². The zero-order valence-corrected chi connectivity index (χ0v) is 10.2. The average molecular weight is 206 g/mol. The molecule has 15 heavy (non-hydrogen) atoms. The molecule has 1 heteroatoms. The standard InChI is InChI=1S/C14H22O/c1-10(2)12-9-13(15)11-7-5-4-6-8-14(11,12)3/h7,10,12H,4-6,8-9H2,1-3H3/t12-,14+/m1/s1. The molecule has 0 aromatic heterocycles. The van der Waals surface area contributed by atoms with Crippen LogP contribution in [0.1, 0.15) is 52.9 Å². The molecular weight excluding hydrogens is 184 g/mol. The van der Waals surface area contributed by atoms with Crippen molar-refractivity contribution in [2.45, 2.75) is 52.9 Å². The van der Waals surface area contributed by atoms with E-state index in [9.17, 15) is 4.79 Å². The van der Waals surface area contributed by atoms with E-state index in [1.165, 1.54) is 24.8 Å². The van der Waals surface area contributed by atoms with Gasteiger partial charge in [-0.15, -0.1) is 0 Å². The molecule has 0 aromatic rings. The molecule has 0 aliphatic heterocycles. The summed E-state index contributed by atoms with van der Waals surface area (Å²) in [7, 11) is 0. The van der Waals surface area contributed by atoms with Gasteiger partial charge in [0.1, 0.15) is 0 Å². The molecule has 0 amide bonds. The third-order valence-corrected chi connectivity index (χ3v) is 4.44. The average Bonchev–Trinajstić information content (AvgIpc) is 2.36. The highest BCUT2D eigenvalue weighted by Crippen LogP contribution is 2.52. The number of carbonyl (C=O) groups excluding carboxylic acids is 1. The van der Waals surface area contributed by atoms with Gasteiger partial charge in [-0.25, -0.2) is 0 Å². The molecule has 0 unspecified atom stereocenters. The van der Waals surface area contributed by atoms with Gasteiger partial charge in [-0.05, 0) is 42.1 Å². The van der Waals surface area contributed by atoms with Crippen LogP contribution in [-0.4, -0.2) is 5.78 Å². The number of hydrogen-bond acceptors (Lipinski definition) is 1. The number of fused-ring (bicyclic) bond motifs is 1. The van der Waals surface area contributed by atoms with Crippen molar-refractivity contribution in [2.75, 3.05) is 0 Å². The maximum atomic E-state index is 12.0. The largest absolute Gasteiger partial charge is 0.295 e. The molecule has 0 bridgehead atoms. The molecule has 2 aliphatic rings. The fraction of sp³-hybridized carbons (Fsp3) is 0.786. The summed E-state index contributed by atoms with van der Waals surface area (Å²) in [6.45, 7) is 6.84. The van der Waals surface area contributed by atoms with E-state index in [1.807, 2.05) is 0 Å². The van der Waals surface area contributed by atoms with Crippen LogP contribution in [0.3, 0.4) is 0 Å². The van der Waals surface area contributed by atoms with E-state index in [0.717, 1.165) is 12.8 Å². The lowest BCUT2D eigenvalue weighted by Crippen LogP contribution is -2.27. The van der Waals surface area contributed by atoms with Gasteiger partial charge < -0.3 is 0 Å². The molecule has 1 nitrogen and oxygen atoms in total. The Morgan fingerprint density at radius 3 is 2.80 bits per heavy atom. The molecule has 0 radical (unpaired) electrons. The number of ketones is 1. The van der Waals surface area contributed by atoms with Crippen molar-refractivity contribution in [1.29, 1.82) is 0 Å². The van der Waals surface area contributed by atoms with Crippen LogP contribution in [0.5, 0.6) is 0 Å². The van der Waals surface area contributed by atoms with Gasteiger partial charge in [0, 0.05) is 6.42 Å². The quantitative estimate of drug-likeness (QED) is 0.638. The Bertz CT molecular complexity index is 300. The minimum absolute atomic E-state index is 0.196. The van der Waals surface area contributed by atoms with Crippen LogP contribution >= 0.6 is 0 Å². The number of allylic oxidation sites excluding steroid dienone is 2. The van der Waals surface area contributed by atoms with Gasteiger partial charge in [0.25, 0.3) is 0 Å². The first kappa shape index (κ1) is 10.9. The molecule has 0 saturated heterocycles. The summed E-state index contributed by atoms with van der Waals surface area (Å²) in [6, 6.07) is 0. The zero-order chi connectivity index (χ0) is 11.1. The third-order valence-electron chi connectivity index (χ3n) is 4.44. The van der Waals surface area contributed by atoms with Crippen molar-refractivity contribution in [2.24, 2.45) is 17.3 Å². The summed E-state index contributed by atoms with van der Waals surface area (Å²) < 4.78 is 0. The topological polar surface area (TPSA) is 17.1 Å². The highest BCUT2D eigenvalue weighted by molar-refractivity contribution is 5.99. The highest BCUT2D eigenvalue weighted by Gasteiger charge is 2.48. The highest BCUT2D eigenvalue weighted by atomic mass is 16.1. The second kappa shape index (κ2) is 3.77. The molecule has 2 aliphatic carbocycles. The lowest BCUT2D eigenvalue weighted by Gasteiger charge is -2.34. The predicted octanol–water partition coefficient (Wildman–Crippen LogP) is 3.74. The van der Waals surface area contributed by atoms with Crippen molar-refractivity contribution in [3.8, 4) is 0 Å². The summed E-state index contributed by atoms with van der Waals surface area (Å²) in [4.78, 5) is 12.0. The maximum Gasteiger partial charge on any atom is 0.159 e. The van der Waals surface area contributed by atoms with Crippen LogP contribution < -0.4 is 0 Å². The molecule has 0 aromatic carbocycles. The first-order valence-corrected chi connectivity index (χ1v) is 6.29. The van der Waals surface area contributed by atoms with Crippen LogP contribution in [0.15, 0.2) is 11.6 Å². The molecule has 0 N–H and O–H groups in total. The number of hydrogen-bond donors (Lipinski definition) is 0. The number of carbonyl (C=O) groups is 1. The Morgan fingerprint density at radius 1 is 1.40 bits per heavy atom. The Labute approximate surface area is 92.9 Å². The first-order valence-electron chi connectivity index (χ1n) is 6.29. The van der Waals surface area contributed by atoms with E-state index >= 15 is 0 Å². The second-order valence-electron chi connectivity index (χ2n) is 5.76. The Morgan fingerprint density at radius 2 is 2.13 bits per heavy atom. The van der Waals surface area contributed by atoms with Crippen molar-refractivity contribution in [3.63, 3.8) is 0 Å². The Kier molecular flexibility index (Phi) is 2.74. The van der Waals surface area contributed by atoms with E-state index in [0.29, 0.717) is 17.6 Å². The van der Waals surface area contributed by atoms with Crippen LogP contribution in [0, 0.1) is 17.3 Å². The van der Waals surface area contributed by atoms with Gasteiger partial charge in [-0.3, -0.25) is 4.79 Å².